The van der Waals surface area contributed by atoms with Crippen molar-refractivity contribution in [3.8, 4) is 0 Å². The lowest BCUT2D eigenvalue weighted by Crippen LogP contribution is -2.15. The van der Waals surface area contributed by atoms with Crippen LogP contribution >= 0.6 is 0 Å². The largest absolute Gasteiger partial charge is 0.319 e. The first-order valence-corrected chi connectivity index (χ1v) is 7.21. The van der Waals surface area contributed by atoms with Crippen LogP contribution in [0.15, 0.2) is 47.4 Å². The van der Waals surface area contributed by atoms with E-state index in [1.54, 1.807) is 0 Å². The Morgan fingerprint density at radius 3 is 2.38 bits per heavy atom. The molecular formula is C13H10F2N2O3S. The van der Waals surface area contributed by atoms with Crippen LogP contribution in [-0.4, -0.2) is 14.3 Å². The van der Waals surface area contributed by atoms with Crippen LogP contribution in [0, 0.1) is 11.6 Å². The van der Waals surface area contributed by atoms with Gasteiger partial charge in [-0.2, -0.15) is 0 Å². The van der Waals surface area contributed by atoms with Gasteiger partial charge in [-0.1, -0.05) is 6.07 Å². The minimum Gasteiger partial charge on any atom is -0.319 e. The molecule has 21 heavy (non-hydrogen) atoms. The van der Waals surface area contributed by atoms with Gasteiger partial charge >= 0.3 is 0 Å². The highest BCUT2D eigenvalue weighted by atomic mass is 32.2. The van der Waals surface area contributed by atoms with Crippen LogP contribution < -0.4 is 10.5 Å². The molecule has 0 aliphatic rings. The van der Waals surface area contributed by atoms with Crippen molar-refractivity contribution in [2.24, 2.45) is 5.14 Å². The van der Waals surface area contributed by atoms with Gasteiger partial charge in [-0.3, -0.25) is 4.79 Å². The number of hydrogen-bond acceptors (Lipinski definition) is 3. The third-order valence-electron chi connectivity index (χ3n) is 2.60. The van der Waals surface area contributed by atoms with Gasteiger partial charge < -0.3 is 5.32 Å². The zero-order valence-electron chi connectivity index (χ0n) is 10.5. The number of carbonyl (C=O) groups is 1. The number of rotatable bonds is 3. The molecular weight excluding hydrogens is 302 g/mol. The molecule has 0 heterocycles. The lowest BCUT2D eigenvalue weighted by atomic mass is 10.2. The number of amides is 1. The number of hydrogen-bond donors (Lipinski definition) is 2. The second kappa shape index (κ2) is 5.58. The maximum Gasteiger partial charge on any atom is 0.255 e. The summed E-state index contributed by atoms with van der Waals surface area (Å²) in [4.78, 5) is 11.4. The van der Waals surface area contributed by atoms with Crippen molar-refractivity contribution in [1.82, 2.24) is 0 Å². The molecule has 5 nitrogen and oxygen atoms in total. The van der Waals surface area contributed by atoms with E-state index in [4.69, 9.17) is 5.14 Å². The van der Waals surface area contributed by atoms with Crippen LogP contribution in [-0.2, 0) is 10.0 Å². The van der Waals surface area contributed by atoms with E-state index in [1.165, 1.54) is 12.1 Å². The standard InChI is InChI=1S/C13H10F2N2O3S/c14-9-3-1-2-8(6-9)13(18)17-12-5-4-10(7-11(12)15)21(16,19)20/h1-7H,(H,17,18)(H2,16,19,20). The van der Waals surface area contributed by atoms with Crippen LogP contribution in [0.1, 0.15) is 10.4 Å². The molecule has 0 unspecified atom stereocenters. The molecule has 0 spiro atoms. The highest BCUT2D eigenvalue weighted by Crippen LogP contribution is 2.19. The van der Waals surface area contributed by atoms with Gasteiger partial charge in [0.05, 0.1) is 10.6 Å². The smallest absolute Gasteiger partial charge is 0.255 e. The van der Waals surface area contributed by atoms with Gasteiger partial charge in [-0.15, -0.1) is 0 Å². The van der Waals surface area contributed by atoms with Crippen molar-refractivity contribution in [2.45, 2.75) is 4.90 Å². The Labute approximate surface area is 119 Å². The third kappa shape index (κ3) is 3.61. The molecule has 2 rings (SSSR count). The van der Waals surface area contributed by atoms with Gasteiger partial charge in [0.15, 0.2) is 0 Å². The first kappa shape index (κ1) is 15.1. The van der Waals surface area contributed by atoms with Crippen molar-refractivity contribution in [1.29, 1.82) is 0 Å². The minimum atomic E-state index is -4.03. The number of halogens is 2. The maximum absolute atomic E-state index is 13.7. The van der Waals surface area contributed by atoms with E-state index in [0.29, 0.717) is 6.07 Å². The highest BCUT2D eigenvalue weighted by molar-refractivity contribution is 7.89. The number of benzene rings is 2. The predicted molar refractivity (Wildman–Crippen MR) is 72.1 cm³/mol. The summed E-state index contributed by atoms with van der Waals surface area (Å²) in [6, 6.07) is 7.66. The van der Waals surface area contributed by atoms with Crippen LogP contribution in [0.25, 0.3) is 0 Å². The molecule has 2 aromatic rings. The number of anilines is 1. The average Bonchev–Trinajstić information content (AvgIpc) is 2.39. The second-order valence-electron chi connectivity index (χ2n) is 4.15. The molecule has 0 bridgehead atoms. The second-order valence-corrected chi connectivity index (χ2v) is 5.71. The number of nitrogens with one attached hydrogen (secondary N) is 1. The Bertz CT molecular complexity index is 807. The zero-order valence-corrected chi connectivity index (χ0v) is 11.3. The van der Waals surface area contributed by atoms with Gasteiger partial charge in [-0.25, -0.2) is 22.3 Å². The Balaban J connectivity index is 2.26. The Morgan fingerprint density at radius 1 is 1.10 bits per heavy atom. The molecule has 0 fully saturated rings. The zero-order chi connectivity index (χ0) is 15.6. The average molecular weight is 312 g/mol. The molecule has 0 atom stereocenters. The lowest BCUT2D eigenvalue weighted by molar-refractivity contribution is 0.102. The summed E-state index contributed by atoms with van der Waals surface area (Å²) in [5, 5.41) is 7.08. The van der Waals surface area contributed by atoms with Gasteiger partial charge in [0, 0.05) is 5.56 Å². The van der Waals surface area contributed by atoms with E-state index >= 15 is 0 Å². The summed E-state index contributed by atoms with van der Waals surface area (Å²) >= 11 is 0. The molecule has 0 aromatic heterocycles. The summed E-state index contributed by atoms with van der Waals surface area (Å²) in [6.07, 6.45) is 0. The number of carbonyl (C=O) groups excluding carboxylic acids is 1. The summed E-state index contributed by atoms with van der Waals surface area (Å²) in [5.41, 5.74) is -0.235. The summed E-state index contributed by atoms with van der Waals surface area (Å²) in [5.74, 6) is -2.30. The lowest BCUT2D eigenvalue weighted by Gasteiger charge is -2.07. The van der Waals surface area contributed by atoms with Crippen molar-refractivity contribution in [3.05, 3.63) is 59.7 Å². The molecule has 0 saturated carbocycles. The summed E-state index contributed by atoms with van der Waals surface area (Å²) < 4.78 is 48.8. The number of nitrogens with two attached hydrogens (primary N) is 1. The van der Waals surface area contributed by atoms with Crippen LogP contribution in [0.4, 0.5) is 14.5 Å². The molecule has 8 heteroatoms. The molecule has 0 saturated heterocycles. The normalized spacial score (nSPS) is 11.2. The molecule has 110 valence electrons. The molecule has 0 aliphatic carbocycles. The fourth-order valence-electron chi connectivity index (χ4n) is 1.60. The van der Waals surface area contributed by atoms with E-state index in [0.717, 1.165) is 24.3 Å². The van der Waals surface area contributed by atoms with Gasteiger partial charge in [0.2, 0.25) is 10.0 Å². The summed E-state index contributed by atoms with van der Waals surface area (Å²) in [6.45, 7) is 0. The monoisotopic (exact) mass is 312 g/mol. The number of primary sulfonamides is 1. The van der Waals surface area contributed by atoms with Crippen LogP contribution in [0.2, 0.25) is 0 Å². The topological polar surface area (TPSA) is 89.3 Å². The van der Waals surface area contributed by atoms with E-state index in [1.807, 2.05) is 0 Å². The minimum absolute atomic E-state index is 0.00456. The Kier molecular flexibility index (Phi) is 4.01. The van der Waals surface area contributed by atoms with Crippen molar-refractivity contribution >= 4 is 21.6 Å². The first-order chi connectivity index (χ1) is 9.77. The van der Waals surface area contributed by atoms with Crippen LogP contribution in [0.3, 0.4) is 0 Å². The predicted octanol–water partition coefficient (Wildman–Crippen LogP) is 1.86. The highest BCUT2D eigenvalue weighted by Gasteiger charge is 2.14. The number of sulfonamides is 1. The van der Waals surface area contributed by atoms with Crippen molar-refractivity contribution in [3.63, 3.8) is 0 Å². The van der Waals surface area contributed by atoms with E-state index < -0.39 is 32.5 Å². The molecule has 3 N–H and O–H groups in total. The van der Waals surface area contributed by atoms with Crippen molar-refractivity contribution in [2.75, 3.05) is 5.32 Å². The van der Waals surface area contributed by atoms with Crippen LogP contribution in [0.5, 0.6) is 0 Å². The Hall–Kier alpha value is -2.32. The van der Waals surface area contributed by atoms with Gasteiger partial charge in [-0.05, 0) is 36.4 Å². The third-order valence-corrected chi connectivity index (χ3v) is 3.52. The molecule has 2 aromatic carbocycles. The fourth-order valence-corrected chi connectivity index (χ4v) is 2.12. The molecule has 0 radical (unpaired) electrons. The van der Waals surface area contributed by atoms with E-state index in [-0.39, 0.29) is 11.3 Å². The Morgan fingerprint density at radius 2 is 1.81 bits per heavy atom. The first-order valence-electron chi connectivity index (χ1n) is 5.66. The quantitative estimate of drug-likeness (QED) is 0.906. The fraction of sp³-hybridized carbons (Fsp3) is 0. The van der Waals surface area contributed by atoms with E-state index in [9.17, 15) is 22.0 Å². The maximum atomic E-state index is 13.7. The molecule has 1 amide bonds. The van der Waals surface area contributed by atoms with Gasteiger partial charge in [0.1, 0.15) is 11.6 Å². The van der Waals surface area contributed by atoms with Crippen molar-refractivity contribution < 1.29 is 22.0 Å². The SMILES string of the molecule is NS(=O)(=O)c1ccc(NC(=O)c2cccc(F)c2)c(F)c1. The molecule has 0 aliphatic heterocycles. The van der Waals surface area contributed by atoms with E-state index in [2.05, 4.69) is 5.32 Å². The summed E-state index contributed by atoms with van der Waals surface area (Å²) in [7, 11) is -4.03. The van der Waals surface area contributed by atoms with Gasteiger partial charge in [0.25, 0.3) is 5.91 Å².